The van der Waals surface area contributed by atoms with Gasteiger partial charge in [-0.3, -0.25) is 14.3 Å². The quantitative estimate of drug-likeness (QED) is 0.853. The number of fused-ring (bicyclic) bond motifs is 1. The van der Waals surface area contributed by atoms with Gasteiger partial charge in [0.1, 0.15) is 11.5 Å². The van der Waals surface area contributed by atoms with Gasteiger partial charge in [0.25, 0.3) is 5.56 Å². The number of nitrogens with zero attached hydrogens (tertiary/aromatic N) is 4. The van der Waals surface area contributed by atoms with Crippen molar-refractivity contribution >= 4 is 0 Å². The minimum absolute atomic E-state index is 0.0895. The molecule has 3 heterocycles. The molecule has 134 valence electrons. The van der Waals surface area contributed by atoms with Gasteiger partial charge in [0.15, 0.2) is 0 Å². The molecule has 0 amide bonds. The molecular weight excluding hydrogens is 316 g/mol. The van der Waals surface area contributed by atoms with Crippen molar-refractivity contribution in [1.82, 2.24) is 19.6 Å². The average molecular weight is 342 g/mol. The van der Waals surface area contributed by atoms with E-state index in [-0.39, 0.29) is 5.56 Å². The summed E-state index contributed by atoms with van der Waals surface area (Å²) in [6.07, 6.45) is 10.2. The fraction of sp³-hybridized carbons (Fsp3) is 0.632. The van der Waals surface area contributed by atoms with E-state index < -0.39 is 0 Å². The molecule has 1 aliphatic carbocycles. The Balaban J connectivity index is 1.33. The van der Waals surface area contributed by atoms with Gasteiger partial charge >= 0.3 is 0 Å². The van der Waals surface area contributed by atoms with Gasteiger partial charge in [0.2, 0.25) is 0 Å². The highest BCUT2D eigenvalue weighted by Crippen LogP contribution is 2.26. The second-order valence-electron chi connectivity index (χ2n) is 7.49. The van der Waals surface area contributed by atoms with Crippen LogP contribution in [0.15, 0.2) is 21.8 Å². The minimum atomic E-state index is 0.0895. The van der Waals surface area contributed by atoms with Crippen LogP contribution in [-0.2, 0) is 25.9 Å². The van der Waals surface area contributed by atoms with Crippen LogP contribution in [0, 0.1) is 12.8 Å². The Morgan fingerprint density at radius 1 is 1.24 bits per heavy atom. The highest BCUT2D eigenvalue weighted by Gasteiger charge is 2.24. The molecule has 1 aliphatic heterocycles. The summed E-state index contributed by atoms with van der Waals surface area (Å²) in [5.74, 6) is 1.66. The summed E-state index contributed by atoms with van der Waals surface area (Å²) < 4.78 is 7.30. The molecule has 4 rings (SSSR count). The monoisotopic (exact) mass is 342 g/mol. The van der Waals surface area contributed by atoms with E-state index in [1.165, 1.54) is 18.4 Å². The molecule has 0 N–H and O–H groups in total. The number of rotatable bonds is 4. The molecule has 25 heavy (non-hydrogen) atoms. The Labute approximate surface area is 147 Å². The summed E-state index contributed by atoms with van der Waals surface area (Å²) in [7, 11) is 0. The smallest absolute Gasteiger partial charge is 0.256 e. The van der Waals surface area contributed by atoms with Gasteiger partial charge in [-0.1, -0.05) is 5.16 Å². The second-order valence-corrected chi connectivity index (χ2v) is 7.49. The molecule has 2 aromatic rings. The summed E-state index contributed by atoms with van der Waals surface area (Å²) in [5, 5.41) is 4.33. The summed E-state index contributed by atoms with van der Waals surface area (Å²) in [6.45, 7) is 5.62. The molecule has 0 unspecified atom stereocenters. The Hall–Kier alpha value is -1.95. The van der Waals surface area contributed by atoms with Crippen molar-refractivity contribution in [3.63, 3.8) is 0 Å². The average Bonchev–Trinajstić information content (AvgIpc) is 3.04. The number of aromatic nitrogens is 3. The topological polar surface area (TPSA) is 64.2 Å². The lowest BCUT2D eigenvalue weighted by atomic mass is 9.94. The molecule has 6 nitrogen and oxygen atoms in total. The molecule has 0 bridgehead atoms. The second kappa shape index (κ2) is 7.12. The van der Waals surface area contributed by atoms with Gasteiger partial charge in [-0.2, -0.15) is 0 Å². The van der Waals surface area contributed by atoms with Crippen molar-refractivity contribution in [2.45, 2.75) is 58.5 Å². The molecule has 6 heteroatoms. The first-order valence-corrected chi connectivity index (χ1v) is 9.40. The molecule has 0 aromatic carbocycles. The van der Waals surface area contributed by atoms with Crippen LogP contribution in [0.4, 0.5) is 0 Å². The first-order valence-electron chi connectivity index (χ1n) is 9.40. The zero-order chi connectivity index (χ0) is 17.2. The van der Waals surface area contributed by atoms with E-state index >= 15 is 0 Å². The minimum Gasteiger partial charge on any atom is -0.361 e. The maximum Gasteiger partial charge on any atom is 0.256 e. The zero-order valence-corrected chi connectivity index (χ0v) is 14.9. The fourth-order valence-electron chi connectivity index (χ4n) is 4.08. The van der Waals surface area contributed by atoms with Crippen LogP contribution in [0.25, 0.3) is 0 Å². The van der Waals surface area contributed by atoms with E-state index in [1.807, 2.05) is 6.92 Å². The molecule has 1 saturated heterocycles. The van der Waals surface area contributed by atoms with E-state index in [0.29, 0.717) is 5.92 Å². The van der Waals surface area contributed by atoms with Gasteiger partial charge in [0, 0.05) is 36.8 Å². The van der Waals surface area contributed by atoms with Crippen molar-refractivity contribution < 1.29 is 4.52 Å². The third-order valence-corrected chi connectivity index (χ3v) is 5.64. The first-order chi connectivity index (χ1) is 12.2. The highest BCUT2D eigenvalue weighted by atomic mass is 16.5. The third kappa shape index (κ3) is 3.54. The van der Waals surface area contributed by atoms with E-state index in [1.54, 1.807) is 17.1 Å². The first kappa shape index (κ1) is 16.5. The molecule has 0 saturated carbocycles. The van der Waals surface area contributed by atoms with Crippen LogP contribution in [0.2, 0.25) is 0 Å². The summed E-state index contributed by atoms with van der Waals surface area (Å²) >= 11 is 0. The lowest BCUT2D eigenvalue weighted by molar-refractivity contribution is 0.162. The lowest BCUT2D eigenvalue weighted by Gasteiger charge is -2.31. The fourth-order valence-corrected chi connectivity index (χ4v) is 4.08. The third-order valence-electron chi connectivity index (χ3n) is 5.64. The number of likely N-dealkylation sites (tertiary alicyclic amines) is 1. The van der Waals surface area contributed by atoms with Crippen molar-refractivity contribution in [3.8, 4) is 0 Å². The SMILES string of the molecule is Cc1cncn(CC2CCN(Cc3noc4c3CCCC4)CC2)c1=O. The van der Waals surface area contributed by atoms with Crippen molar-refractivity contribution in [1.29, 1.82) is 0 Å². The van der Waals surface area contributed by atoms with E-state index in [9.17, 15) is 4.79 Å². The normalized spacial score (nSPS) is 19.1. The van der Waals surface area contributed by atoms with Crippen molar-refractivity contribution in [2.75, 3.05) is 13.1 Å². The summed E-state index contributed by atoms with van der Waals surface area (Å²) in [4.78, 5) is 18.8. The molecule has 0 radical (unpaired) electrons. The Morgan fingerprint density at radius 3 is 2.88 bits per heavy atom. The van der Waals surface area contributed by atoms with Gasteiger partial charge in [-0.05, 0) is 58.0 Å². The van der Waals surface area contributed by atoms with Gasteiger partial charge < -0.3 is 4.52 Å². The maximum absolute atomic E-state index is 12.1. The molecule has 1 fully saturated rings. The van der Waals surface area contributed by atoms with Crippen LogP contribution >= 0.6 is 0 Å². The number of hydrogen-bond donors (Lipinski definition) is 0. The molecule has 0 atom stereocenters. The van der Waals surface area contributed by atoms with Crippen LogP contribution < -0.4 is 5.56 Å². The van der Waals surface area contributed by atoms with Crippen molar-refractivity contribution in [2.24, 2.45) is 5.92 Å². The zero-order valence-electron chi connectivity index (χ0n) is 14.9. The van der Waals surface area contributed by atoms with Gasteiger partial charge in [0.05, 0.1) is 6.33 Å². The predicted octanol–water partition coefficient (Wildman–Crippen LogP) is 2.33. The van der Waals surface area contributed by atoms with E-state index in [0.717, 1.165) is 68.9 Å². The molecule has 0 spiro atoms. The number of piperidine rings is 1. The van der Waals surface area contributed by atoms with E-state index in [4.69, 9.17) is 4.52 Å². The van der Waals surface area contributed by atoms with Gasteiger partial charge in [-0.25, -0.2) is 4.98 Å². The van der Waals surface area contributed by atoms with E-state index in [2.05, 4.69) is 15.0 Å². The maximum atomic E-state index is 12.1. The van der Waals surface area contributed by atoms with Crippen LogP contribution in [-0.4, -0.2) is 32.7 Å². The largest absolute Gasteiger partial charge is 0.361 e. The van der Waals surface area contributed by atoms with Crippen LogP contribution in [0.5, 0.6) is 0 Å². The number of hydrogen-bond acceptors (Lipinski definition) is 5. The van der Waals surface area contributed by atoms with Gasteiger partial charge in [-0.15, -0.1) is 0 Å². The Morgan fingerprint density at radius 2 is 2.04 bits per heavy atom. The Bertz CT molecular complexity index is 787. The number of aryl methyl sites for hydroxylation is 2. The molecule has 2 aromatic heterocycles. The van der Waals surface area contributed by atoms with Crippen LogP contribution in [0.1, 0.15) is 48.3 Å². The summed E-state index contributed by atoms with van der Waals surface area (Å²) in [5.41, 5.74) is 3.32. The summed E-state index contributed by atoms with van der Waals surface area (Å²) in [6, 6.07) is 0. The lowest BCUT2D eigenvalue weighted by Crippen LogP contribution is -2.36. The Kier molecular flexibility index (Phi) is 4.70. The molecule has 2 aliphatic rings. The highest BCUT2D eigenvalue weighted by molar-refractivity contribution is 5.25. The predicted molar refractivity (Wildman–Crippen MR) is 94.4 cm³/mol. The van der Waals surface area contributed by atoms with Crippen molar-refractivity contribution in [3.05, 3.63) is 45.5 Å². The standard InChI is InChI=1S/C19H26N4O2/c1-14-10-20-13-23(19(14)24)11-15-6-8-22(9-7-15)12-17-16-4-2-3-5-18(16)25-21-17/h10,13,15H,2-9,11-12H2,1H3. The molecular formula is C19H26N4O2. The van der Waals surface area contributed by atoms with Crippen LogP contribution in [0.3, 0.4) is 0 Å².